The molecule has 0 aliphatic carbocycles. The van der Waals surface area contributed by atoms with Crippen LogP contribution in [0, 0.1) is 11.8 Å². The minimum absolute atomic E-state index is 0.151. The first kappa shape index (κ1) is 21.5. The van der Waals surface area contributed by atoms with Gasteiger partial charge in [-0.2, -0.15) is 0 Å². The summed E-state index contributed by atoms with van der Waals surface area (Å²) in [5.74, 6) is -0.896. The second-order valence-corrected chi connectivity index (χ2v) is 7.24. The van der Waals surface area contributed by atoms with E-state index in [0.717, 1.165) is 0 Å². The standard InChI is InChI=1S/C20H28N2O6/c1-12(2)17(20(25)26)21-18(23)13-5-7-22(8-6-13)19(24)14-9-15(27-3)11-16(10-14)28-4/h9-13,17H,5-8H2,1-4H3,(H,21,23)(H,25,26)/t17-/m0/s1. The molecular formula is C20H28N2O6. The van der Waals surface area contributed by atoms with Crippen LogP contribution in [-0.2, 0) is 9.59 Å². The first-order valence-electron chi connectivity index (χ1n) is 9.32. The van der Waals surface area contributed by atoms with E-state index in [1.54, 1.807) is 36.9 Å². The number of rotatable bonds is 7. The molecule has 0 unspecified atom stereocenters. The molecule has 0 saturated carbocycles. The van der Waals surface area contributed by atoms with Crippen LogP contribution in [0.5, 0.6) is 11.5 Å². The summed E-state index contributed by atoms with van der Waals surface area (Å²) >= 11 is 0. The van der Waals surface area contributed by atoms with Gasteiger partial charge in [-0.05, 0) is 30.9 Å². The van der Waals surface area contributed by atoms with Crippen LogP contribution in [0.15, 0.2) is 18.2 Å². The number of aliphatic carboxylic acids is 1. The van der Waals surface area contributed by atoms with Crippen LogP contribution in [0.25, 0.3) is 0 Å². The van der Waals surface area contributed by atoms with Gasteiger partial charge in [-0.3, -0.25) is 9.59 Å². The fourth-order valence-corrected chi connectivity index (χ4v) is 3.24. The average molecular weight is 392 g/mol. The number of hydrogen-bond donors (Lipinski definition) is 2. The van der Waals surface area contributed by atoms with Crippen molar-refractivity contribution in [3.63, 3.8) is 0 Å². The number of amides is 2. The minimum atomic E-state index is -1.04. The average Bonchev–Trinajstić information content (AvgIpc) is 2.70. The quantitative estimate of drug-likeness (QED) is 0.733. The van der Waals surface area contributed by atoms with Gasteiger partial charge in [0, 0.05) is 30.6 Å². The van der Waals surface area contributed by atoms with Gasteiger partial charge < -0.3 is 24.8 Å². The summed E-state index contributed by atoms with van der Waals surface area (Å²) in [4.78, 5) is 38.2. The van der Waals surface area contributed by atoms with Crippen LogP contribution in [0.3, 0.4) is 0 Å². The highest BCUT2D eigenvalue weighted by Gasteiger charge is 2.31. The number of ether oxygens (including phenoxy) is 2. The Hall–Kier alpha value is -2.77. The molecule has 1 atom stereocenters. The Labute approximate surface area is 164 Å². The Morgan fingerprint density at radius 1 is 1.07 bits per heavy atom. The van der Waals surface area contributed by atoms with Crippen molar-refractivity contribution in [3.8, 4) is 11.5 Å². The topological polar surface area (TPSA) is 105 Å². The maximum Gasteiger partial charge on any atom is 0.326 e. The molecule has 0 aromatic heterocycles. The number of hydrogen-bond acceptors (Lipinski definition) is 5. The van der Waals surface area contributed by atoms with Gasteiger partial charge in [0.1, 0.15) is 17.5 Å². The molecule has 1 aliphatic heterocycles. The highest BCUT2D eigenvalue weighted by atomic mass is 16.5. The number of benzene rings is 1. The van der Waals surface area contributed by atoms with Crippen LogP contribution < -0.4 is 14.8 Å². The zero-order valence-electron chi connectivity index (χ0n) is 16.7. The molecule has 0 bridgehead atoms. The van der Waals surface area contributed by atoms with E-state index in [1.807, 2.05) is 0 Å². The Kier molecular flexibility index (Phi) is 7.25. The molecule has 0 spiro atoms. The largest absolute Gasteiger partial charge is 0.497 e. The maximum atomic E-state index is 12.8. The van der Waals surface area contributed by atoms with Crippen LogP contribution >= 0.6 is 0 Å². The smallest absolute Gasteiger partial charge is 0.326 e. The van der Waals surface area contributed by atoms with E-state index >= 15 is 0 Å². The molecule has 1 saturated heterocycles. The Balaban J connectivity index is 1.99. The van der Waals surface area contributed by atoms with Crippen molar-refractivity contribution in [1.82, 2.24) is 10.2 Å². The molecule has 2 N–H and O–H groups in total. The number of carboxylic acids is 1. The van der Waals surface area contributed by atoms with Crippen molar-refractivity contribution in [1.29, 1.82) is 0 Å². The number of carboxylic acid groups (broad SMARTS) is 1. The van der Waals surface area contributed by atoms with Crippen LogP contribution in [0.2, 0.25) is 0 Å². The predicted octanol–water partition coefficient (Wildman–Crippen LogP) is 1.78. The van der Waals surface area contributed by atoms with E-state index in [0.29, 0.717) is 43.0 Å². The van der Waals surface area contributed by atoms with Crippen molar-refractivity contribution in [2.75, 3.05) is 27.3 Å². The number of likely N-dealkylation sites (tertiary alicyclic amines) is 1. The van der Waals surface area contributed by atoms with Gasteiger partial charge in [-0.25, -0.2) is 4.79 Å². The molecule has 8 heteroatoms. The fraction of sp³-hybridized carbons (Fsp3) is 0.550. The van der Waals surface area contributed by atoms with Gasteiger partial charge in [0.25, 0.3) is 5.91 Å². The molecule has 154 valence electrons. The van der Waals surface area contributed by atoms with E-state index in [2.05, 4.69) is 5.32 Å². The van der Waals surface area contributed by atoms with Gasteiger partial charge in [-0.1, -0.05) is 13.8 Å². The van der Waals surface area contributed by atoms with Crippen LogP contribution in [0.1, 0.15) is 37.0 Å². The van der Waals surface area contributed by atoms with E-state index in [4.69, 9.17) is 9.47 Å². The van der Waals surface area contributed by atoms with Gasteiger partial charge in [0.15, 0.2) is 0 Å². The van der Waals surface area contributed by atoms with Gasteiger partial charge in [0.05, 0.1) is 14.2 Å². The third-order valence-electron chi connectivity index (χ3n) is 4.98. The van der Waals surface area contributed by atoms with Crippen molar-refractivity contribution in [2.45, 2.75) is 32.7 Å². The third kappa shape index (κ3) is 5.15. The minimum Gasteiger partial charge on any atom is -0.497 e. The second-order valence-electron chi connectivity index (χ2n) is 7.24. The van der Waals surface area contributed by atoms with Gasteiger partial charge >= 0.3 is 5.97 Å². The lowest BCUT2D eigenvalue weighted by atomic mass is 9.94. The number of nitrogens with zero attached hydrogens (tertiary/aromatic N) is 1. The molecule has 2 rings (SSSR count). The molecule has 1 aromatic rings. The van der Waals surface area contributed by atoms with Gasteiger partial charge in [-0.15, -0.1) is 0 Å². The molecule has 8 nitrogen and oxygen atoms in total. The molecule has 2 amide bonds. The van der Waals surface area contributed by atoms with Crippen LogP contribution in [-0.4, -0.2) is 61.1 Å². The van der Waals surface area contributed by atoms with E-state index < -0.39 is 12.0 Å². The number of methoxy groups -OCH3 is 2. The van der Waals surface area contributed by atoms with Crippen LogP contribution in [0.4, 0.5) is 0 Å². The summed E-state index contributed by atoms with van der Waals surface area (Å²) in [6, 6.07) is 4.10. The Bertz CT molecular complexity index is 703. The first-order valence-corrected chi connectivity index (χ1v) is 9.32. The lowest BCUT2D eigenvalue weighted by Crippen LogP contribution is -2.49. The molecular weight excluding hydrogens is 364 g/mol. The highest BCUT2D eigenvalue weighted by Crippen LogP contribution is 2.25. The summed E-state index contributed by atoms with van der Waals surface area (Å²) in [5, 5.41) is 11.8. The second kappa shape index (κ2) is 9.43. The van der Waals surface area contributed by atoms with Crippen molar-refractivity contribution in [2.24, 2.45) is 11.8 Å². The normalized spacial score (nSPS) is 15.8. The zero-order chi connectivity index (χ0) is 20.8. The molecule has 1 aromatic carbocycles. The summed E-state index contributed by atoms with van der Waals surface area (Å²) in [6.45, 7) is 4.36. The SMILES string of the molecule is COc1cc(OC)cc(C(=O)N2CCC(C(=O)N[C@H](C(=O)O)C(C)C)CC2)c1. The monoisotopic (exact) mass is 392 g/mol. The number of nitrogens with one attached hydrogen (secondary N) is 1. The predicted molar refractivity (Wildman–Crippen MR) is 103 cm³/mol. The number of carbonyl (C=O) groups is 3. The Morgan fingerprint density at radius 3 is 2.04 bits per heavy atom. The summed E-state index contributed by atoms with van der Waals surface area (Å²) < 4.78 is 10.4. The van der Waals surface area contributed by atoms with Crippen molar-refractivity contribution >= 4 is 17.8 Å². The maximum absolute atomic E-state index is 12.8. The zero-order valence-corrected chi connectivity index (χ0v) is 16.7. The molecule has 28 heavy (non-hydrogen) atoms. The van der Waals surface area contributed by atoms with Crippen molar-refractivity contribution in [3.05, 3.63) is 23.8 Å². The summed E-state index contributed by atoms with van der Waals surface area (Å²) in [7, 11) is 3.05. The lowest BCUT2D eigenvalue weighted by Gasteiger charge is -2.32. The molecule has 1 aliphatic rings. The van der Waals surface area contributed by atoms with Crippen molar-refractivity contribution < 1.29 is 29.0 Å². The molecule has 1 heterocycles. The van der Waals surface area contributed by atoms with Gasteiger partial charge in [0.2, 0.25) is 5.91 Å². The third-order valence-corrected chi connectivity index (χ3v) is 4.98. The van der Waals surface area contributed by atoms with E-state index in [9.17, 15) is 19.5 Å². The number of carbonyl (C=O) groups excluding carboxylic acids is 2. The fourth-order valence-electron chi connectivity index (χ4n) is 3.24. The lowest BCUT2D eigenvalue weighted by molar-refractivity contribution is -0.144. The summed E-state index contributed by atoms with van der Waals surface area (Å²) in [6.07, 6.45) is 0.978. The Morgan fingerprint density at radius 2 is 1.61 bits per heavy atom. The summed E-state index contributed by atoms with van der Waals surface area (Å²) in [5.41, 5.74) is 0.463. The highest BCUT2D eigenvalue weighted by molar-refractivity contribution is 5.95. The molecule has 0 radical (unpaired) electrons. The van der Waals surface area contributed by atoms with E-state index in [-0.39, 0.29) is 23.7 Å². The van der Waals surface area contributed by atoms with E-state index in [1.165, 1.54) is 14.2 Å². The number of piperidine rings is 1. The molecule has 1 fully saturated rings. The first-order chi connectivity index (χ1) is 13.3.